The van der Waals surface area contributed by atoms with Gasteiger partial charge in [-0.25, -0.2) is 4.39 Å². The zero-order valence-electron chi connectivity index (χ0n) is 9.50. The van der Waals surface area contributed by atoms with Crippen LogP contribution >= 0.6 is 11.6 Å². The first-order valence-corrected chi connectivity index (χ1v) is 5.74. The zero-order valence-corrected chi connectivity index (χ0v) is 10.3. The van der Waals surface area contributed by atoms with Crippen LogP contribution in [0.4, 0.5) is 4.39 Å². The molecule has 0 radical (unpaired) electrons. The number of aryl methyl sites for hydroxylation is 1. The lowest BCUT2D eigenvalue weighted by Gasteiger charge is -2.10. The Morgan fingerprint density at radius 1 is 1.12 bits per heavy atom. The molecule has 0 saturated heterocycles. The van der Waals surface area contributed by atoms with E-state index >= 15 is 0 Å². The van der Waals surface area contributed by atoms with Crippen LogP contribution in [0, 0.1) is 12.7 Å². The van der Waals surface area contributed by atoms with Gasteiger partial charge in [0, 0.05) is 17.1 Å². The van der Waals surface area contributed by atoms with Gasteiger partial charge in [0.15, 0.2) is 0 Å². The number of nitrogens with two attached hydrogens (primary N) is 1. The number of halogens is 2. The highest BCUT2D eigenvalue weighted by Gasteiger charge is 2.08. The summed E-state index contributed by atoms with van der Waals surface area (Å²) in [5.41, 5.74) is 9.30. The molecular weight excluding hydrogens is 237 g/mol. The molecule has 2 aromatic carbocycles. The lowest BCUT2D eigenvalue weighted by Crippen LogP contribution is -1.97. The lowest BCUT2D eigenvalue weighted by atomic mass is 9.98. The van der Waals surface area contributed by atoms with Crippen LogP contribution in [-0.2, 0) is 6.54 Å². The Kier molecular flexibility index (Phi) is 3.46. The summed E-state index contributed by atoms with van der Waals surface area (Å²) in [6.45, 7) is 2.43. The van der Waals surface area contributed by atoms with Gasteiger partial charge in [-0.1, -0.05) is 23.7 Å². The fourth-order valence-electron chi connectivity index (χ4n) is 1.79. The monoisotopic (exact) mass is 249 g/mol. The predicted molar refractivity (Wildman–Crippen MR) is 69.5 cm³/mol. The molecule has 0 aliphatic heterocycles. The van der Waals surface area contributed by atoms with E-state index in [1.54, 1.807) is 6.07 Å². The van der Waals surface area contributed by atoms with Gasteiger partial charge in [-0.05, 0) is 47.9 Å². The van der Waals surface area contributed by atoms with E-state index in [2.05, 4.69) is 0 Å². The van der Waals surface area contributed by atoms with Crippen molar-refractivity contribution in [1.82, 2.24) is 0 Å². The van der Waals surface area contributed by atoms with Gasteiger partial charge < -0.3 is 5.73 Å². The second-order valence-corrected chi connectivity index (χ2v) is 4.38. The summed E-state index contributed by atoms with van der Waals surface area (Å²) < 4.78 is 13.3. The molecule has 2 rings (SSSR count). The van der Waals surface area contributed by atoms with Crippen LogP contribution in [0.2, 0.25) is 5.02 Å². The van der Waals surface area contributed by atoms with Gasteiger partial charge in [-0.3, -0.25) is 0 Å². The first-order valence-electron chi connectivity index (χ1n) is 5.37. The third kappa shape index (κ3) is 2.48. The molecule has 2 N–H and O–H groups in total. The number of benzene rings is 2. The maximum absolute atomic E-state index is 13.3. The van der Waals surface area contributed by atoms with Gasteiger partial charge in [-0.2, -0.15) is 0 Å². The highest BCUT2D eigenvalue weighted by molar-refractivity contribution is 6.33. The van der Waals surface area contributed by atoms with Crippen LogP contribution in [0.15, 0.2) is 36.4 Å². The van der Waals surface area contributed by atoms with Crippen molar-refractivity contribution >= 4 is 11.6 Å². The molecule has 0 amide bonds. The molecule has 0 fully saturated rings. The van der Waals surface area contributed by atoms with E-state index < -0.39 is 0 Å². The Labute approximate surface area is 105 Å². The van der Waals surface area contributed by atoms with Gasteiger partial charge >= 0.3 is 0 Å². The Morgan fingerprint density at radius 2 is 1.88 bits per heavy atom. The van der Waals surface area contributed by atoms with Gasteiger partial charge in [-0.15, -0.1) is 0 Å². The first kappa shape index (κ1) is 12.1. The van der Waals surface area contributed by atoms with Crippen molar-refractivity contribution in [3.63, 3.8) is 0 Å². The van der Waals surface area contributed by atoms with Crippen molar-refractivity contribution < 1.29 is 4.39 Å². The average molecular weight is 250 g/mol. The summed E-state index contributed by atoms with van der Waals surface area (Å²) in [7, 11) is 0. The van der Waals surface area contributed by atoms with Crippen LogP contribution in [0.5, 0.6) is 0 Å². The molecule has 0 heterocycles. The molecule has 0 aromatic heterocycles. The molecule has 0 saturated carbocycles. The molecule has 3 heteroatoms. The fraction of sp³-hybridized carbons (Fsp3) is 0.143. The molecule has 0 aliphatic carbocycles. The number of hydrogen-bond donors (Lipinski definition) is 1. The second kappa shape index (κ2) is 4.86. The van der Waals surface area contributed by atoms with E-state index in [0.29, 0.717) is 17.1 Å². The Balaban J connectivity index is 2.62. The summed E-state index contributed by atoms with van der Waals surface area (Å²) in [6.07, 6.45) is 0. The minimum absolute atomic E-state index is 0.290. The maximum atomic E-state index is 13.3. The minimum atomic E-state index is -0.290. The normalized spacial score (nSPS) is 10.6. The number of rotatable bonds is 2. The Morgan fingerprint density at radius 3 is 2.59 bits per heavy atom. The topological polar surface area (TPSA) is 26.0 Å². The van der Waals surface area contributed by atoms with Crippen molar-refractivity contribution in [3.05, 3.63) is 58.4 Å². The zero-order chi connectivity index (χ0) is 12.4. The van der Waals surface area contributed by atoms with Crippen molar-refractivity contribution in [2.24, 2.45) is 5.73 Å². The molecule has 0 atom stereocenters. The fourth-order valence-corrected chi connectivity index (χ4v) is 2.01. The van der Waals surface area contributed by atoms with Crippen LogP contribution in [0.3, 0.4) is 0 Å². The van der Waals surface area contributed by atoms with E-state index in [4.69, 9.17) is 17.3 Å². The quantitative estimate of drug-likeness (QED) is 0.858. The largest absolute Gasteiger partial charge is 0.326 e. The summed E-state index contributed by atoms with van der Waals surface area (Å²) in [6, 6.07) is 10.3. The Bertz CT molecular complexity index is 552. The van der Waals surface area contributed by atoms with Crippen LogP contribution < -0.4 is 5.73 Å². The summed E-state index contributed by atoms with van der Waals surface area (Å²) >= 11 is 6.10. The van der Waals surface area contributed by atoms with Gasteiger partial charge in [0.2, 0.25) is 0 Å². The van der Waals surface area contributed by atoms with E-state index in [1.165, 1.54) is 12.1 Å². The summed E-state index contributed by atoms with van der Waals surface area (Å²) in [5.74, 6) is -0.290. The van der Waals surface area contributed by atoms with E-state index in [-0.39, 0.29) is 5.82 Å². The molecule has 0 spiro atoms. The van der Waals surface area contributed by atoms with Crippen LogP contribution in [0.25, 0.3) is 11.1 Å². The first-order chi connectivity index (χ1) is 8.11. The number of hydrogen-bond acceptors (Lipinski definition) is 1. The van der Waals surface area contributed by atoms with Crippen LogP contribution in [0.1, 0.15) is 11.1 Å². The molecule has 1 nitrogen and oxygen atoms in total. The molecule has 0 bridgehead atoms. The molecule has 2 aromatic rings. The summed E-state index contributed by atoms with van der Waals surface area (Å²) in [4.78, 5) is 0. The average Bonchev–Trinajstić information content (AvgIpc) is 2.33. The van der Waals surface area contributed by atoms with Gasteiger partial charge in [0.1, 0.15) is 5.82 Å². The van der Waals surface area contributed by atoms with Crippen molar-refractivity contribution in [2.75, 3.05) is 0 Å². The van der Waals surface area contributed by atoms with Crippen molar-refractivity contribution in [3.8, 4) is 11.1 Å². The summed E-state index contributed by atoms with van der Waals surface area (Å²) in [5, 5.41) is 0.545. The predicted octanol–water partition coefficient (Wildman–Crippen LogP) is 3.91. The third-order valence-electron chi connectivity index (χ3n) is 2.76. The smallest absolute Gasteiger partial charge is 0.123 e. The molecule has 17 heavy (non-hydrogen) atoms. The molecule has 0 unspecified atom stereocenters. The highest BCUT2D eigenvalue weighted by Crippen LogP contribution is 2.31. The second-order valence-electron chi connectivity index (χ2n) is 3.98. The Hall–Kier alpha value is -1.38. The maximum Gasteiger partial charge on any atom is 0.123 e. The van der Waals surface area contributed by atoms with E-state index in [1.807, 2.05) is 25.1 Å². The van der Waals surface area contributed by atoms with E-state index in [0.717, 1.165) is 16.7 Å². The molecular formula is C14H13ClFN. The minimum Gasteiger partial charge on any atom is -0.326 e. The molecule has 88 valence electrons. The van der Waals surface area contributed by atoms with Gasteiger partial charge in [0.25, 0.3) is 0 Å². The lowest BCUT2D eigenvalue weighted by molar-refractivity contribution is 0.628. The van der Waals surface area contributed by atoms with Crippen LogP contribution in [-0.4, -0.2) is 0 Å². The highest BCUT2D eigenvalue weighted by atomic mass is 35.5. The standard InChI is InChI=1S/C14H13ClFN/c1-9-2-3-10(8-17)6-12(9)13-7-11(16)4-5-14(13)15/h2-7H,8,17H2,1H3. The van der Waals surface area contributed by atoms with Crippen molar-refractivity contribution in [1.29, 1.82) is 0 Å². The van der Waals surface area contributed by atoms with Gasteiger partial charge in [0.05, 0.1) is 0 Å². The third-order valence-corrected chi connectivity index (χ3v) is 3.09. The van der Waals surface area contributed by atoms with E-state index in [9.17, 15) is 4.39 Å². The van der Waals surface area contributed by atoms with Crippen molar-refractivity contribution in [2.45, 2.75) is 13.5 Å². The SMILES string of the molecule is Cc1ccc(CN)cc1-c1cc(F)ccc1Cl. The molecule has 0 aliphatic rings.